The predicted octanol–water partition coefficient (Wildman–Crippen LogP) is 0.00670. The molecule has 0 aliphatic carbocycles. The van der Waals surface area contributed by atoms with Crippen LogP contribution in [-0.2, 0) is 21.0 Å². The lowest BCUT2D eigenvalue weighted by atomic mass is 10.0. The third kappa shape index (κ3) is 4.48. The van der Waals surface area contributed by atoms with E-state index in [1.54, 1.807) is 24.1 Å². The molecule has 7 nitrogen and oxygen atoms in total. The van der Waals surface area contributed by atoms with Gasteiger partial charge < -0.3 is 15.2 Å². The molecular formula is C20H16N2O5. The summed E-state index contributed by atoms with van der Waals surface area (Å²) in [7, 11) is 0. The van der Waals surface area contributed by atoms with E-state index >= 15 is 0 Å². The van der Waals surface area contributed by atoms with Gasteiger partial charge in [-0.2, -0.15) is 0 Å². The van der Waals surface area contributed by atoms with Crippen molar-refractivity contribution < 1.29 is 24.2 Å². The zero-order chi connectivity index (χ0) is 19.2. The first kappa shape index (κ1) is 18.1. The number of hydrogen-bond donors (Lipinski definition) is 2. The number of ether oxygens (including phenoxy) is 1. The first-order valence-electron chi connectivity index (χ1n) is 8.17. The lowest BCUT2D eigenvalue weighted by Crippen LogP contribution is -2.42. The van der Waals surface area contributed by atoms with Gasteiger partial charge in [-0.3, -0.25) is 14.6 Å². The van der Waals surface area contributed by atoms with Gasteiger partial charge in [-0.1, -0.05) is 30.3 Å². The number of nitrogens with one attached hydrogen (secondary N) is 1. The number of carboxylic acids is 1. The molecule has 0 saturated carbocycles. The van der Waals surface area contributed by atoms with Gasteiger partial charge in [0.2, 0.25) is 0 Å². The molecule has 0 fully saturated rings. The number of amides is 1. The number of carboxylic acid groups (broad SMARTS) is 1. The van der Waals surface area contributed by atoms with Crippen molar-refractivity contribution in [3.8, 4) is 5.75 Å². The van der Waals surface area contributed by atoms with Crippen molar-refractivity contribution in [1.29, 1.82) is 0 Å². The van der Waals surface area contributed by atoms with Crippen molar-refractivity contribution in [1.82, 2.24) is 5.32 Å². The highest BCUT2D eigenvalue weighted by molar-refractivity contribution is 5.93. The van der Waals surface area contributed by atoms with E-state index in [0.717, 1.165) is 5.56 Å². The van der Waals surface area contributed by atoms with Crippen LogP contribution in [0.25, 0.3) is 6.08 Å². The van der Waals surface area contributed by atoms with E-state index in [-0.39, 0.29) is 5.57 Å². The monoisotopic (exact) mass is 364 g/mol. The molecule has 2 aromatic carbocycles. The second-order valence-corrected chi connectivity index (χ2v) is 5.84. The van der Waals surface area contributed by atoms with E-state index in [2.05, 4.69) is 10.3 Å². The fourth-order valence-electron chi connectivity index (χ4n) is 2.60. The summed E-state index contributed by atoms with van der Waals surface area (Å²) in [5.74, 6) is 0.464. The molecule has 0 radical (unpaired) electrons. The summed E-state index contributed by atoms with van der Waals surface area (Å²) in [4.78, 5) is 38.2. The Hall–Kier alpha value is -3.70. The van der Waals surface area contributed by atoms with Crippen LogP contribution in [0.3, 0.4) is 0 Å². The van der Waals surface area contributed by atoms with Crippen LogP contribution in [0.15, 0.2) is 59.1 Å². The Bertz CT molecular complexity index is 1040. The molecule has 1 heterocycles. The Morgan fingerprint density at radius 2 is 1.96 bits per heavy atom. The average molecular weight is 364 g/mol. The van der Waals surface area contributed by atoms with Gasteiger partial charge in [-0.05, 0) is 29.8 Å². The van der Waals surface area contributed by atoms with Crippen molar-refractivity contribution in [2.45, 2.75) is 12.6 Å². The van der Waals surface area contributed by atoms with E-state index in [1.807, 2.05) is 30.3 Å². The number of carbonyl (C=O) groups excluding carboxylic acids is 2. The minimum atomic E-state index is -1.18. The van der Waals surface area contributed by atoms with E-state index in [9.17, 15) is 14.4 Å². The number of nitrogens with zero attached hydrogens (tertiary/aromatic N) is 1. The van der Waals surface area contributed by atoms with Crippen molar-refractivity contribution in [3.05, 3.63) is 70.2 Å². The standard InChI is InChI=1S/C20H16N2O5/c23-11-15-8-14-9-16(27-12-13-4-2-1-3-5-13)6-7-17(14)22-19(15)20(26)21-10-18(24)25/h1-9,19H,10,12H2,(H,21,26)(H,24,25). The smallest absolute Gasteiger partial charge is 0.322 e. The second kappa shape index (κ2) is 8.12. The van der Waals surface area contributed by atoms with E-state index in [0.29, 0.717) is 22.9 Å². The molecule has 0 saturated heterocycles. The summed E-state index contributed by atoms with van der Waals surface area (Å²) >= 11 is 0. The molecule has 0 spiro atoms. The zero-order valence-corrected chi connectivity index (χ0v) is 14.2. The largest absolute Gasteiger partial charge is 0.489 e. The van der Waals surface area contributed by atoms with Crippen molar-refractivity contribution in [2.24, 2.45) is 4.99 Å². The number of carbonyl (C=O) groups is 2. The Balaban J connectivity index is 1.82. The van der Waals surface area contributed by atoms with Gasteiger partial charge in [0.15, 0.2) is 6.04 Å². The summed E-state index contributed by atoms with van der Waals surface area (Å²) in [5.41, 5.74) is 1.05. The topological polar surface area (TPSA) is 105 Å². The molecule has 27 heavy (non-hydrogen) atoms. The summed E-state index contributed by atoms with van der Waals surface area (Å²) < 4.78 is 5.75. The molecule has 3 rings (SSSR count). The van der Waals surface area contributed by atoms with Crippen LogP contribution in [0.5, 0.6) is 5.75 Å². The van der Waals surface area contributed by atoms with Gasteiger partial charge in [-0.25, -0.2) is 4.79 Å². The number of aliphatic carboxylic acids is 1. The van der Waals surface area contributed by atoms with Gasteiger partial charge in [0, 0.05) is 5.22 Å². The number of benzene rings is 2. The number of hydrogen-bond acceptors (Lipinski definition) is 5. The average Bonchev–Trinajstić information content (AvgIpc) is 2.70. The van der Waals surface area contributed by atoms with Crippen LogP contribution < -0.4 is 20.6 Å². The maximum absolute atomic E-state index is 12.1. The third-order valence-corrected chi connectivity index (χ3v) is 3.90. The molecule has 1 amide bonds. The Morgan fingerprint density at radius 1 is 1.19 bits per heavy atom. The fourth-order valence-corrected chi connectivity index (χ4v) is 2.60. The maximum Gasteiger partial charge on any atom is 0.322 e. The predicted molar refractivity (Wildman–Crippen MR) is 96.1 cm³/mol. The van der Waals surface area contributed by atoms with Crippen LogP contribution in [-0.4, -0.2) is 35.5 Å². The van der Waals surface area contributed by atoms with Crippen LogP contribution in [0.2, 0.25) is 0 Å². The molecule has 1 atom stereocenters. The van der Waals surface area contributed by atoms with Crippen molar-refractivity contribution in [3.63, 3.8) is 0 Å². The highest BCUT2D eigenvalue weighted by Crippen LogP contribution is 2.12. The van der Waals surface area contributed by atoms with E-state index in [1.165, 1.54) is 6.08 Å². The van der Waals surface area contributed by atoms with Crippen LogP contribution in [0.1, 0.15) is 5.56 Å². The summed E-state index contributed by atoms with van der Waals surface area (Å²) in [6.45, 7) is -0.149. The van der Waals surface area contributed by atoms with Crippen LogP contribution in [0.4, 0.5) is 0 Å². The minimum absolute atomic E-state index is 0.0330. The Kier molecular flexibility index (Phi) is 5.44. The molecule has 136 valence electrons. The summed E-state index contributed by atoms with van der Waals surface area (Å²) in [6.07, 6.45) is 1.51. The van der Waals surface area contributed by atoms with Crippen LogP contribution >= 0.6 is 0 Å². The molecule has 2 N–H and O–H groups in total. The summed E-state index contributed by atoms with van der Waals surface area (Å²) in [5, 5.41) is 12.0. The van der Waals surface area contributed by atoms with Gasteiger partial charge in [0.05, 0.1) is 10.9 Å². The maximum atomic E-state index is 12.1. The molecular weight excluding hydrogens is 348 g/mol. The Morgan fingerprint density at radius 3 is 2.67 bits per heavy atom. The van der Waals surface area contributed by atoms with Gasteiger partial charge in [0.1, 0.15) is 24.8 Å². The van der Waals surface area contributed by atoms with Gasteiger partial charge >= 0.3 is 5.97 Å². The van der Waals surface area contributed by atoms with E-state index < -0.39 is 24.5 Å². The molecule has 0 bridgehead atoms. The first-order chi connectivity index (χ1) is 13.1. The molecule has 2 aromatic rings. The number of rotatable bonds is 6. The fraction of sp³-hybridized carbons (Fsp3) is 0.150. The second-order valence-electron chi connectivity index (χ2n) is 5.84. The molecule has 1 unspecified atom stereocenters. The SMILES string of the molecule is O=C=C1C=c2cc(OCc3ccccc3)ccc2=NC1C(=O)NCC(=O)O. The van der Waals surface area contributed by atoms with E-state index in [4.69, 9.17) is 9.84 Å². The van der Waals surface area contributed by atoms with Crippen molar-refractivity contribution in [2.75, 3.05) is 6.54 Å². The van der Waals surface area contributed by atoms with Crippen molar-refractivity contribution >= 4 is 23.9 Å². The highest BCUT2D eigenvalue weighted by atomic mass is 16.5. The van der Waals surface area contributed by atoms with Crippen LogP contribution in [0, 0.1) is 0 Å². The zero-order valence-electron chi connectivity index (χ0n) is 14.2. The molecule has 0 aromatic heterocycles. The number of fused-ring (bicyclic) bond motifs is 1. The lowest BCUT2D eigenvalue weighted by molar-refractivity contribution is -0.138. The lowest BCUT2D eigenvalue weighted by Gasteiger charge is -2.14. The minimum Gasteiger partial charge on any atom is -0.489 e. The molecule has 1 aliphatic rings. The third-order valence-electron chi connectivity index (χ3n) is 3.90. The quantitative estimate of drug-likeness (QED) is 0.703. The first-order valence-corrected chi connectivity index (χ1v) is 8.17. The molecule has 1 aliphatic heterocycles. The van der Waals surface area contributed by atoms with Gasteiger partial charge in [0.25, 0.3) is 5.91 Å². The normalized spacial score (nSPS) is 14.8. The van der Waals surface area contributed by atoms with Gasteiger partial charge in [-0.15, -0.1) is 0 Å². The Labute approximate surface area is 154 Å². The highest BCUT2D eigenvalue weighted by Gasteiger charge is 2.24. The summed E-state index contributed by atoms with van der Waals surface area (Å²) in [6, 6.07) is 13.7. The molecule has 7 heteroatoms.